The Bertz CT molecular complexity index is 617. The van der Waals surface area contributed by atoms with E-state index in [4.69, 9.17) is 17.4 Å². The molecule has 2 aromatic rings. The van der Waals surface area contributed by atoms with Crippen molar-refractivity contribution < 1.29 is 8.78 Å². The van der Waals surface area contributed by atoms with Crippen molar-refractivity contribution in [1.82, 2.24) is 5.43 Å². The standard InChI is InChI=1S/C15H15ClF2N2/c1-9-2-3-10(13(16)6-9)7-15(20-19)12-5-4-11(17)8-14(12)18/h2-6,8,15,20H,7,19H2,1H3. The minimum atomic E-state index is -0.629. The summed E-state index contributed by atoms with van der Waals surface area (Å²) in [6, 6.07) is 8.61. The number of aryl methyl sites for hydroxylation is 1. The van der Waals surface area contributed by atoms with Crippen LogP contribution in [0, 0.1) is 18.6 Å². The zero-order valence-electron chi connectivity index (χ0n) is 11.0. The summed E-state index contributed by atoms with van der Waals surface area (Å²) >= 11 is 6.16. The first-order valence-electron chi connectivity index (χ1n) is 6.17. The molecule has 0 saturated heterocycles. The highest BCUT2D eigenvalue weighted by molar-refractivity contribution is 6.31. The van der Waals surface area contributed by atoms with Gasteiger partial charge >= 0.3 is 0 Å². The maximum absolute atomic E-state index is 13.8. The number of nitrogens with one attached hydrogen (secondary N) is 1. The quantitative estimate of drug-likeness (QED) is 0.667. The summed E-state index contributed by atoms with van der Waals surface area (Å²) in [7, 11) is 0. The average Bonchev–Trinajstić information content (AvgIpc) is 2.39. The van der Waals surface area contributed by atoms with Crippen LogP contribution in [0.2, 0.25) is 5.02 Å². The molecule has 0 aromatic heterocycles. The normalized spacial score (nSPS) is 12.4. The van der Waals surface area contributed by atoms with E-state index in [9.17, 15) is 8.78 Å². The first-order chi connectivity index (χ1) is 9.51. The third-order valence-electron chi connectivity index (χ3n) is 3.17. The lowest BCUT2D eigenvalue weighted by Gasteiger charge is -2.18. The lowest BCUT2D eigenvalue weighted by molar-refractivity contribution is 0.502. The molecule has 0 heterocycles. The molecule has 3 N–H and O–H groups in total. The van der Waals surface area contributed by atoms with Gasteiger partial charge in [-0.1, -0.05) is 29.8 Å². The summed E-state index contributed by atoms with van der Waals surface area (Å²) in [5, 5.41) is 0.604. The first-order valence-corrected chi connectivity index (χ1v) is 6.55. The van der Waals surface area contributed by atoms with Gasteiger partial charge in [-0.2, -0.15) is 0 Å². The van der Waals surface area contributed by atoms with E-state index in [0.29, 0.717) is 17.0 Å². The van der Waals surface area contributed by atoms with Gasteiger partial charge in [0.25, 0.3) is 0 Å². The maximum atomic E-state index is 13.8. The lowest BCUT2D eigenvalue weighted by Crippen LogP contribution is -2.30. The Morgan fingerprint density at radius 3 is 2.55 bits per heavy atom. The van der Waals surface area contributed by atoms with Crippen LogP contribution in [0.15, 0.2) is 36.4 Å². The van der Waals surface area contributed by atoms with Crippen molar-refractivity contribution in [2.24, 2.45) is 5.84 Å². The van der Waals surface area contributed by atoms with Crippen molar-refractivity contribution >= 4 is 11.6 Å². The number of benzene rings is 2. The van der Waals surface area contributed by atoms with E-state index in [1.54, 1.807) is 0 Å². The third kappa shape index (κ3) is 3.33. The monoisotopic (exact) mass is 296 g/mol. The van der Waals surface area contributed by atoms with Crippen LogP contribution in [0.1, 0.15) is 22.7 Å². The Labute approximate surface area is 121 Å². The van der Waals surface area contributed by atoms with Gasteiger partial charge in [-0.3, -0.25) is 11.3 Å². The second-order valence-electron chi connectivity index (χ2n) is 4.68. The van der Waals surface area contributed by atoms with Gasteiger partial charge in [0.1, 0.15) is 11.6 Å². The molecular weight excluding hydrogens is 282 g/mol. The first kappa shape index (κ1) is 14.9. The minimum absolute atomic E-state index is 0.311. The summed E-state index contributed by atoms with van der Waals surface area (Å²) in [4.78, 5) is 0. The molecule has 2 aromatic carbocycles. The molecule has 106 valence electrons. The highest BCUT2D eigenvalue weighted by Crippen LogP contribution is 2.25. The van der Waals surface area contributed by atoms with Crippen LogP contribution in [0.4, 0.5) is 8.78 Å². The number of hydrogen-bond acceptors (Lipinski definition) is 2. The molecule has 1 atom stereocenters. The molecule has 0 fully saturated rings. The number of nitrogens with two attached hydrogens (primary N) is 1. The summed E-state index contributed by atoms with van der Waals surface area (Å²) in [6.45, 7) is 1.94. The molecular formula is C15H15ClF2N2. The highest BCUT2D eigenvalue weighted by Gasteiger charge is 2.17. The average molecular weight is 297 g/mol. The molecule has 0 aliphatic heterocycles. The fourth-order valence-corrected chi connectivity index (χ4v) is 2.39. The van der Waals surface area contributed by atoms with Gasteiger partial charge in [-0.05, 0) is 36.6 Å². The predicted molar refractivity (Wildman–Crippen MR) is 76.3 cm³/mol. The lowest BCUT2D eigenvalue weighted by atomic mass is 9.98. The largest absolute Gasteiger partial charge is 0.271 e. The Morgan fingerprint density at radius 1 is 1.20 bits per heavy atom. The number of halogens is 3. The smallest absolute Gasteiger partial charge is 0.130 e. The van der Waals surface area contributed by atoms with Crippen molar-refractivity contribution in [3.8, 4) is 0 Å². The van der Waals surface area contributed by atoms with Gasteiger partial charge in [0.15, 0.2) is 0 Å². The molecule has 2 rings (SSSR count). The maximum Gasteiger partial charge on any atom is 0.130 e. The van der Waals surface area contributed by atoms with Crippen molar-refractivity contribution in [3.05, 3.63) is 69.7 Å². The Kier molecular flexibility index (Phi) is 4.70. The second kappa shape index (κ2) is 6.31. The highest BCUT2D eigenvalue weighted by atomic mass is 35.5. The van der Waals surface area contributed by atoms with Gasteiger partial charge in [0.05, 0.1) is 6.04 Å². The molecule has 5 heteroatoms. The van der Waals surface area contributed by atoms with Gasteiger partial charge < -0.3 is 0 Å². The zero-order valence-corrected chi connectivity index (χ0v) is 11.7. The van der Waals surface area contributed by atoms with Crippen molar-refractivity contribution in [3.63, 3.8) is 0 Å². The molecule has 20 heavy (non-hydrogen) atoms. The van der Waals surface area contributed by atoms with Gasteiger partial charge in [-0.25, -0.2) is 8.78 Å². The summed E-state index contributed by atoms with van der Waals surface area (Å²) < 4.78 is 26.7. The molecule has 0 amide bonds. The topological polar surface area (TPSA) is 38.0 Å². The fraction of sp³-hybridized carbons (Fsp3) is 0.200. The molecule has 0 bridgehead atoms. The SMILES string of the molecule is Cc1ccc(CC(NN)c2ccc(F)cc2F)c(Cl)c1. The summed E-state index contributed by atoms with van der Waals surface area (Å²) in [5.74, 6) is 4.24. The Hall–Kier alpha value is -1.49. The van der Waals surface area contributed by atoms with Crippen LogP contribution in [0.25, 0.3) is 0 Å². The van der Waals surface area contributed by atoms with Crippen LogP contribution in [0.3, 0.4) is 0 Å². The van der Waals surface area contributed by atoms with E-state index in [2.05, 4.69) is 5.43 Å². The van der Waals surface area contributed by atoms with Crippen LogP contribution in [-0.4, -0.2) is 0 Å². The van der Waals surface area contributed by atoms with E-state index >= 15 is 0 Å². The van der Waals surface area contributed by atoms with Crippen molar-refractivity contribution in [2.75, 3.05) is 0 Å². The Balaban J connectivity index is 2.28. The summed E-state index contributed by atoms with van der Waals surface area (Å²) in [6.07, 6.45) is 0.415. The van der Waals surface area contributed by atoms with E-state index in [0.717, 1.165) is 17.2 Å². The van der Waals surface area contributed by atoms with Gasteiger partial charge in [0.2, 0.25) is 0 Å². The fourth-order valence-electron chi connectivity index (χ4n) is 2.08. The molecule has 2 nitrogen and oxygen atoms in total. The molecule has 0 saturated carbocycles. The molecule has 0 aliphatic rings. The molecule has 0 spiro atoms. The number of rotatable bonds is 4. The van der Waals surface area contributed by atoms with E-state index < -0.39 is 17.7 Å². The van der Waals surface area contributed by atoms with Crippen LogP contribution < -0.4 is 11.3 Å². The third-order valence-corrected chi connectivity index (χ3v) is 3.52. The molecule has 1 unspecified atom stereocenters. The zero-order chi connectivity index (χ0) is 14.7. The van der Waals surface area contributed by atoms with E-state index in [1.165, 1.54) is 12.1 Å². The van der Waals surface area contributed by atoms with Gasteiger partial charge in [-0.15, -0.1) is 0 Å². The van der Waals surface area contributed by atoms with E-state index in [1.807, 2.05) is 25.1 Å². The van der Waals surface area contributed by atoms with Crippen molar-refractivity contribution in [1.29, 1.82) is 0 Å². The second-order valence-corrected chi connectivity index (χ2v) is 5.09. The summed E-state index contributed by atoms with van der Waals surface area (Å²) in [5.41, 5.74) is 4.75. The van der Waals surface area contributed by atoms with Crippen molar-refractivity contribution in [2.45, 2.75) is 19.4 Å². The van der Waals surface area contributed by atoms with Crippen LogP contribution >= 0.6 is 11.6 Å². The van der Waals surface area contributed by atoms with E-state index in [-0.39, 0.29) is 0 Å². The van der Waals surface area contributed by atoms with Crippen LogP contribution in [0.5, 0.6) is 0 Å². The van der Waals surface area contributed by atoms with Crippen LogP contribution in [-0.2, 0) is 6.42 Å². The number of hydrogen-bond donors (Lipinski definition) is 2. The number of hydrazine groups is 1. The molecule has 0 radical (unpaired) electrons. The van der Waals surface area contributed by atoms with Gasteiger partial charge in [0, 0.05) is 16.7 Å². The molecule has 0 aliphatic carbocycles. The minimum Gasteiger partial charge on any atom is -0.271 e. The predicted octanol–water partition coefficient (Wildman–Crippen LogP) is 3.67. The Morgan fingerprint density at radius 2 is 1.95 bits per heavy atom.